The second-order valence-corrected chi connectivity index (χ2v) is 6.64. The third-order valence-corrected chi connectivity index (χ3v) is 4.78. The number of phenols is 1. The van der Waals surface area contributed by atoms with Crippen molar-refractivity contribution in [1.82, 2.24) is 9.99 Å². The summed E-state index contributed by atoms with van der Waals surface area (Å²) in [6.45, 7) is 1.82. The Morgan fingerprint density at radius 3 is 2.69 bits per heavy atom. The number of carbonyl (C=O) groups is 1. The highest BCUT2D eigenvalue weighted by Crippen LogP contribution is 2.32. The maximum atomic E-state index is 12.4. The van der Waals surface area contributed by atoms with Crippen molar-refractivity contribution >= 4 is 38.5 Å². The molecule has 134 valence electrons. The van der Waals surface area contributed by atoms with Gasteiger partial charge in [-0.25, -0.2) is 5.43 Å². The molecule has 1 aromatic heterocycles. The van der Waals surface area contributed by atoms with Gasteiger partial charge in [0.05, 0.1) is 28.6 Å². The molecule has 0 aliphatic rings. The molecule has 0 saturated heterocycles. The number of aryl methyl sites for hydroxylation is 1. The Balaban J connectivity index is 1.85. The molecule has 26 heavy (non-hydrogen) atoms. The van der Waals surface area contributed by atoms with Gasteiger partial charge in [0.1, 0.15) is 11.5 Å². The highest BCUT2D eigenvalue weighted by atomic mass is 79.9. The van der Waals surface area contributed by atoms with Crippen molar-refractivity contribution in [2.75, 3.05) is 7.11 Å². The Hall–Kier alpha value is -2.80. The number of para-hydroxylation sites is 1. The summed E-state index contributed by atoms with van der Waals surface area (Å²) < 4.78 is 7.67. The van der Waals surface area contributed by atoms with Crippen LogP contribution in [0.2, 0.25) is 0 Å². The number of benzene rings is 2. The highest BCUT2D eigenvalue weighted by molar-refractivity contribution is 9.10. The van der Waals surface area contributed by atoms with Gasteiger partial charge >= 0.3 is 0 Å². The van der Waals surface area contributed by atoms with Gasteiger partial charge in [0.2, 0.25) is 0 Å². The Morgan fingerprint density at radius 1 is 1.27 bits per heavy atom. The number of phenolic OH excluding ortho intramolecular Hbond substituents is 1. The average Bonchev–Trinajstić information content (AvgIpc) is 2.98. The fraction of sp³-hybridized carbons (Fsp3) is 0.158. The van der Waals surface area contributed by atoms with Gasteiger partial charge in [-0.3, -0.25) is 4.79 Å². The molecule has 0 atom stereocenters. The molecule has 2 aromatic carbocycles. The van der Waals surface area contributed by atoms with Gasteiger partial charge in [-0.1, -0.05) is 18.2 Å². The summed E-state index contributed by atoms with van der Waals surface area (Å²) in [7, 11) is 3.43. The number of hydrazone groups is 1. The lowest BCUT2D eigenvalue weighted by atomic mass is 10.2. The second-order valence-electron chi connectivity index (χ2n) is 5.79. The van der Waals surface area contributed by atoms with E-state index in [2.05, 4.69) is 26.5 Å². The molecule has 3 rings (SSSR count). The molecule has 7 heteroatoms. The average molecular weight is 416 g/mol. The van der Waals surface area contributed by atoms with E-state index in [-0.39, 0.29) is 11.3 Å². The topological polar surface area (TPSA) is 75.8 Å². The fourth-order valence-corrected chi connectivity index (χ4v) is 3.27. The quantitative estimate of drug-likeness (QED) is 0.502. The standard InChI is InChI=1S/C19H18BrN3O3/c1-11(16-8-12-6-4-5-7-15(12)23(16)2)21-22-19(25)13-9-14(20)18(26-3)10-17(13)24/h4-10,24H,1-3H3,(H,22,25)/b21-11+. The van der Waals surface area contributed by atoms with E-state index < -0.39 is 5.91 Å². The van der Waals surface area contributed by atoms with Crippen molar-refractivity contribution in [1.29, 1.82) is 0 Å². The van der Waals surface area contributed by atoms with E-state index in [1.807, 2.05) is 48.9 Å². The minimum Gasteiger partial charge on any atom is -0.507 e. The summed E-state index contributed by atoms with van der Waals surface area (Å²) in [5.41, 5.74) is 5.23. The third-order valence-electron chi connectivity index (χ3n) is 4.16. The number of ether oxygens (including phenoxy) is 1. The van der Waals surface area contributed by atoms with E-state index >= 15 is 0 Å². The number of methoxy groups -OCH3 is 1. The van der Waals surface area contributed by atoms with Gasteiger partial charge in [0.15, 0.2) is 0 Å². The molecule has 6 nitrogen and oxygen atoms in total. The maximum absolute atomic E-state index is 12.4. The van der Waals surface area contributed by atoms with E-state index in [4.69, 9.17) is 4.74 Å². The van der Waals surface area contributed by atoms with Crippen molar-refractivity contribution in [3.05, 3.63) is 58.2 Å². The summed E-state index contributed by atoms with van der Waals surface area (Å²) in [5.74, 6) is -0.252. The van der Waals surface area contributed by atoms with Crippen LogP contribution in [-0.2, 0) is 7.05 Å². The minimum absolute atomic E-state index is 0.103. The molecule has 0 spiro atoms. The highest BCUT2D eigenvalue weighted by Gasteiger charge is 2.15. The van der Waals surface area contributed by atoms with Crippen molar-refractivity contribution in [2.24, 2.45) is 12.1 Å². The first-order chi connectivity index (χ1) is 12.4. The number of rotatable bonds is 4. The molecule has 0 bridgehead atoms. The van der Waals surface area contributed by atoms with Crippen molar-refractivity contribution in [2.45, 2.75) is 6.92 Å². The zero-order chi connectivity index (χ0) is 18.8. The van der Waals surface area contributed by atoms with E-state index in [1.165, 1.54) is 19.2 Å². The number of halogens is 1. The molecular weight excluding hydrogens is 398 g/mol. The number of hydrogen-bond acceptors (Lipinski definition) is 4. The number of carbonyl (C=O) groups excluding carboxylic acids is 1. The Labute approximate surface area is 159 Å². The molecule has 0 aliphatic heterocycles. The molecule has 3 aromatic rings. The molecule has 0 radical (unpaired) electrons. The van der Waals surface area contributed by atoms with Crippen LogP contribution in [0.3, 0.4) is 0 Å². The van der Waals surface area contributed by atoms with Crippen LogP contribution in [0.5, 0.6) is 11.5 Å². The first-order valence-corrected chi connectivity index (χ1v) is 8.67. The number of hydrogen-bond donors (Lipinski definition) is 2. The predicted molar refractivity (Wildman–Crippen MR) is 105 cm³/mol. The zero-order valence-electron chi connectivity index (χ0n) is 14.6. The molecular formula is C19H18BrN3O3. The lowest BCUT2D eigenvalue weighted by Gasteiger charge is -2.09. The van der Waals surface area contributed by atoms with Crippen LogP contribution >= 0.6 is 15.9 Å². The Kier molecular flexibility index (Phi) is 4.99. The van der Waals surface area contributed by atoms with Gasteiger partial charge in [0.25, 0.3) is 5.91 Å². The Morgan fingerprint density at radius 2 is 2.00 bits per heavy atom. The van der Waals surface area contributed by atoms with Gasteiger partial charge in [-0.15, -0.1) is 0 Å². The normalized spacial score (nSPS) is 11.6. The first-order valence-electron chi connectivity index (χ1n) is 7.88. The maximum Gasteiger partial charge on any atom is 0.275 e. The summed E-state index contributed by atoms with van der Waals surface area (Å²) in [6.07, 6.45) is 0. The summed E-state index contributed by atoms with van der Waals surface area (Å²) in [5, 5.41) is 15.3. The SMILES string of the molecule is COc1cc(O)c(C(=O)N/N=C(\C)c2cc3ccccc3n2C)cc1Br. The monoisotopic (exact) mass is 415 g/mol. The van der Waals surface area contributed by atoms with E-state index in [0.717, 1.165) is 16.6 Å². The molecule has 1 amide bonds. The lowest BCUT2D eigenvalue weighted by Crippen LogP contribution is -2.20. The van der Waals surface area contributed by atoms with Crippen molar-refractivity contribution in [3.8, 4) is 11.5 Å². The smallest absolute Gasteiger partial charge is 0.275 e. The van der Waals surface area contributed by atoms with Crippen LogP contribution in [-0.4, -0.2) is 28.4 Å². The largest absolute Gasteiger partial charge is 0.507 e. The van der Waals surface area contributed by atoms with E-state index in [0.29, 0.717) is 15.9 Å². The first kappa shape index (κ1) is 18.0. The van der Waals surface area contributed by atoms with Gasteiger partial charge < -0.3 is 14.4 Å². The second kappa shape index (κ2) is 7.21. The van der Waals surface area contributed by atoms with E-state index in [9.17, 15) is 9.90 Å². The van der Waals surface area contributed by atoms with Crippen LogP contribution in [0.4, 0.5) is 0 Å². The Bertz CT molecular complexity index is 1020. The van der Waals surface area contributed by atoms with Crippen molar-refractivity contribution < 1.29 is 14.6 Å². The molecule has 1 heterocycles. The number of aromatic hydroxyl groups is 1. The number of aromatic nitrogens is 1. The van der Waals surface area contributed by atoms with Crippen LogP contribution in [0, 0.1) is 0 Å². The molecule has 2 N–H and O–H groups in total. The summed E-state index contributed by atoms with van der Waals surface area (Å²) in [4.78, 5) is 12.4. The summed E-state index contributed by atoms with van der Waals surface area (Å²) >= 11 is 3.30. The van der Waals surface area contributed by atoms with E-state index in [1.54, 1.807) is 0 Å². The molecule has 0 aliphatic carbocycles. The van der Waals surface area contributed by atoms with Crippen LogP contribution in [0.1, 0.15) is 23.0 Å². The van der Waals surface area contributed by atoms with Crippen LogP contribution < -0.4 is 10.2 Å². The predicted octanol–water partition coefficient (Wildman–Crippen LogP) is 3.81. The summed E-state index contributed by atoms with van der Waals surface area (Å²) in [6, 6.07) is 12.9. The number of nitrogens with one attached hydrogen (secondary N) is 1. The van der Waals surface area contributed by atoms with Gasteiger partial charge in [-0.05, 0) is 41.1 Å². The van der Waals surface area contributed by atoms with Gasteiger partial charge in [-0.2, -0.15) is 5.10 Å². The van der Waals surface area contributed by atoms with Crippen LogP contribution in [0.25, 0.3) is 10.9 Å². The number of amides is 1. The van der Waals surface area contributed by atoms with Gasteiger partial charge in [0, 0.05) is 24.0 Å². The number of nitrogens with zero attached hydrogens (tertiary/aromatic N) is 2. The van der Waals surface area contributed by atoms with Crippen LogP contribution in [0.15, 0.2) is 52.0 Å². The number of fused-ring (bicyclic) bond motifs is 1. The van der Waals surface area contributed by atoms with Crippen molar-refractivity contribution in [3.63, 3.8) is 0 Å². The minimum atomic E-state index is -0.510. The third kappa shape index (κ3) is 3.30. The molecule has 0 unspecified atom stereocenters. The molecule has 0 fully saturated rings. The zero-order valence-corrected chi connectivity index (χ0v) is 16.2. The molecule has 0 saturated carbocycles. The fourth-order valence-electron chi connectivity index (χ4n) is 2.77. The lowest BCUT2D eigenvalue weighted by molar-refractivity contribution is 0.0952.